The number of amides is 1. The normalized spacial score (nSPS) is 13.2. The van der Waals surface area contributed by atoms with E-state index in [0.29, 0.717) is 5.76 Å². The monoisotopic (exact) mass is 325 g/mol. The molecule has 1 atom stereocenters. The molecule has 0 radical (unpaired) electrons. The summed E-state index contributed by atoms with van der Waals surface area (Å²) in [5, 5.41) is 12.3. The largest absolute Gasteiger partial charge is 0.465 e. The summed E-state index contributed by atoms with van der Waals surface area (Å²) in [6.45, 7) is -0.118. The molecule has 0 bridgehead atoms. The van der Waals surface area contributed by atoms with Crippen molar-refractivity contribution in [3.8, 4) is 0 Å². The average molecular weight is 325 g/mol. The van der Waals surface area contributed by atoms with Crippen molar-refractivity contribution in [3.63, 3.8) is 0 Å². The number of halogens is 3. The molecular weight excluding hydrogens is 311 g/mol. The van der Waals surface area contributed by atoms with Crippen molar-refractivity contribution < 1.29 is 27.5 Å². The number of benzene rings is 1. The van der Waals surface area contributed by atoms with Gasteiger partial charge in [-0.1, -0.05) is 12.1 Å². The Balaban J connectivity index is 1.87. The van der Waals surface area contributed by atoms with Gasteiger partial charge in [0.05, 0.1) is 17.9 Å². The lowest BCUT2D eigenvalue weighted by atomic mass is 10.1. The van der Waals surface area contributed by atoms with Crippen LogP contribution in [-0.2, 0) is 11.0 Å². The molecule has 1 amide bonds. The smallest absolute Gasteiger partial charge is 0.416 e. The third kappa shape index (κ3) is 5.00. The van der Waals surface area contributed by atoms with E-state index in [1.807, 2.05) is 0 Å². The van der Waals surface area contributed by atoms with Crippen molar-refractivity contribution in [1.29, 1.82) is 0 Å². The highest BCUT2D eigenvalue weighted by atomic mass is 19.4. The van der Waals surface area contributed by atoms with E-state index in [2.05, 4.69) is 5.32 Å². The Morgan fingerprint density at radius 2 is 1.96 bits per heavy atom. The molecule has 23 heavy (non-hydrogen) atoms. The van der Waals surface area contributed by atoms with Crippen molar-refractivity contribution >= 4 is 12.0 Å². The van der Waals surface area contributed by atoms with Gasteiger partial charge in [-0.3, -0.25) is 4.79 Å². The summed E-state index contributed by atoms with van der Waals surface area (Å²) >= 11 is 0. The third-order valence-electron chi connectivity index (χ3n) is 3.03. The summed E-state index contributed by atoms with van der Waals surface area (Å²) in [5.41, 5.74) is -0.507. The molecule has 1 aromatic carbocycles. The first-order valence-corrected chi connectivity index (χ1v) is 6.71. The Morgan fingerprint density at radius 3 is 2.52 bits per heavy atom. The van der Waals surface area contributed by atoms with Gasteiger partial charge in [-0.15, -0.1) is 0 Å². The van der Waals surface area contributed by atoms with Crippen LogP contribution in [0, 0.1) is 0 Å². The van der Waals surface area contributed by atoms with E-state index >= 15 is 0 Å². The lowest BCUT2D eigenvalue weighted by Crippen LogP contribution is -2.26. The summed E-state index contributed by atoms with van der Waals surface area (Å²) in [4.78, 5) is 11.6. The second-order valence-electron chi connectivity index (χ2n) is 4.73. The molecule has 0 fully saturated rings. The molecule has 0 aliphatic carbocycles. The van der Waals surface area contributed by atoms with Crippen LogP contribution in [0.25, 0.3) is 6.08 Å². The summed E-state index contributed by atoms with van der Waals surface area (Å²) in [5.74, 6) is 0.0517. The highest BCUT2D eigenvalue weighted by Crippen LogP contribution is 2.29. The second-order valence-corrected chi connectivity index (χ2v) is 4.73. The van der Waals surface area contributed by atoms with E-state index in [9.17, 15) is 23.1 Å². The molecular formula is C16H14F3NO3. The summed E-state index contributed by atoms with van der Waals surface area (Å²) in [7, 11) is 0. The van der Waals surface area contributed by atoms with E-state index in [4.69, 9.17) is 4.42 Å². The van der Waals surface area contributed by atoms with Crippen molar-refractivity contribution in [2.45, 2.75) is 12.3 Å². The lowest BCUT2D eigenvalue weighted by Gasteiger charge is -2.13. The minimum absolute atomic E-state index is 0.118. The minimum atomic E-state index is -4.42. The van der Waals surface area contributed by atoms with Crippen molar-refractivity contribution in [2.24, 2.45) is 0 Å². The number of aliphatic hydroxyl groups excluding tert-OH is 1. The number of nitrogens with one attached hydrogen (secondary N) is 1. The van der Waals surface area contributed by atoms with Gasteiger partial charge in [-0.05, 0) is 35.9 Å². The molecule has 122 valence electrons. The van der Waals surface area contributed by atoms with Gasteiger partial charge in [0.2, 0.25) is 5.91 Å². The molecule has 0 aliphatic rings. The number of hydrogen-bond acceptors (Lipinski definition) is 3. The van der Waals surface area contributed by atoms with Gasteiger partial charge in [0.1, 0.15) is 5.76 Å². The molecule has 1 heterocycles. The van der Waals surface area contributed by atoms with Gasteiger partial charge in [0.25, 0.3) is 0 Å². The second kappa shape index (κ2) is 7.15. The van der Waals surface area contributed by atoms with Gasteiger partial charge < -0.3 is 14.8 Å². The fourth-order valence-corrected chi connectivity index (χ4v) is 1.81. The molecule has 0 spiro atoms. The van der Waals surface area contributed by atoms with Crippen molar-refractivity contribution in [1.82, 2.24) is 5.32 Å². The Kier molecular flexibility index (Phi) is 5.23. The van der Waals surface area contributed by atoms with E-state index in [1.165, 1.54) is 30.5 Å². The fourth-order valence-electron chi connectivity index (χ4n) is 1.81. The molecule has 4 nitrogen and oxygen atoms in total. The Bertz CT molecular complexity index is 661. The van der Waals surface area contributed by atoms with Crippen molar-refractivity contribution in [2.75, 3.05) is 6.54 Å². The Hall–Kier alpha value is -2.54. The summed E-state index contributed by atoms with van der Waals surface area (Å²) in [6, 6.07) is 7.47. The van der Waals surface area contributed by atoms with Crippen LogP contribution in [0.4, 0.5) is 13.2 Å². The number of aliphatic hydroxyl groups is 1. The molecule has 0 unspecified atom stereocenters. The van der Waals surface area contributed by atoms with Crippen LogP contribution >= 0.6 is 0 Å². The van der Waals surface area contributed by atoms with Crippen LogP contribution in [0.3, 0.4) is 0 Å². The van der Waals surface area contributed by atoms with E-state index in [-0.39, 0.29) is 12.1 Å². The van der Waals surface area contributed by atoms with Crippen LogP contribution in [0.5, 0.6) is 0 Å². The quantitative estimate of drug-likeness (QED) is 0.830. The molecule has 0 saturated heterocycles. The zero-order valence-corrected chi connectivity index (χ0v) is 11.9. The van der Waals surface area contributed by atoms with Crippen molar-refractivity contribution in [3.05, 3.63) is 65.6 Å². The van der Waals surface area contributed by atoms with Crippen LogP contribution in [-0.4, -0.2) is 17.6 Å². The predicted octanol–water partition coefficient (Wildman–Crippen LogP) is 3.16. The van der Waals surface area contributed by atoms with Gasteiger partial charge in [0.15, 0.2) is 0 Å². The first kappa shape index (κ1) is 16.8. The maximum absolute atomic E-state index is 12.4. The zero-order valence-electron chi connectivity index (χ0n) is 11.9. The molecule has 2 N–H and O–H groups in total. The highest BCUT2D eigenvalue weighted by molar-refractivity contribution is 5.91. The average Bonchev–Trinajstić information content (AvgIpc) is 3.03. The van der Waals surface area contributed by atoms with Gasteiger partial charge >= 0.3 is 6.18 Å². The number of furan rings is 1. The third-order valence-corrected chi connectivity index (χ3v) is 3.03. The summed E-state index contributed by atoms with van der Waals surface area (Å²) < 4.78 is 42.3. The molecule has 1 aromatic heterocycles. The topological polar surface area (TPSA) is 62.5 Å². The molecule has 0 aliphatic heterocycles. The Morgan fingerprint density at radius 1 is 1.26 bits per heavy atom. The first-order valence-electron chi connectivity index (χ1n) is 6.71. The predicted molar refractivity (Wildman–Crippen MR) is 77.2 cm³/mol. The molecule has 7 heteroatoms. The van der Waals surface area contributed by atoms with Crippen LogP contribution in [0.2, 0.25) is 0 Å². The van der Waals surface area contributed by atoms with Crippen LogP contribution in [0.15, 0.2) is 53.2 Å². The van der Waals surface area contributed by atoms with Gasteiger partial charge in [-0.2, -0.15) is 13.2 Å². The lowest BCUT2D eigenvalue weighted by molar-refractivity contribution is -0.137. The van der Waals surface area contributed by atoms with E-state index in [0.717, 1.165) is 12.1 Å². The molecule has 0 saturated carbocycles. The SMILES string of the molecule is O=C(/C=C/c1ccco1)NC[C@H](O)c1ccc(C(F)(F)F)cc1. The highest BCUT2D eigenvalue weighted by Gasteiger charge is 2.30. The zero-order chi connectivity index (χ0) is 16.9. The standard InChI is InChI=1S/C16H14F3NO3/c17-16(18,19)12-5-3-11(4-6-12)14(21)10-20-15(22)8-7-13-2-1-9-23-13/h1-9,14,21H,10H2,(H,20,22)/b8-7+/t14-/m0/s1. The number of carbonyl (C=O) groups is 1. The minimum Gasteiger partial charge on any atom is -0.465 e. The maximum atomic E-state index is 12.4. The number of alkyl halides is 3. The molecule has 2 rings (SSSR count). The van der Waals surface area contributed by atoms with Crippen LogP contribution in [0.1, 0.15) is 23.0 Å². The van der Waals surface area contributed by atoms with Crippen LogP contribution < -0.4 is 5.32 Å². The van der Waals surface area contributed by atoms with Gasteiger partial charge in [-0.25, -0.2) is 0 Å². The fraction of sp³-hybridized carbons (Fsp3) is 0.188. The number of rotatable bonds is 5. The number of hydrogen-bond donors (Lipinski definition) is 2. The maximum Gasteiger partial charge on any atom is 0.416 e. The van der Waals surface area contributed by atoms with E-state index < -0.39 is 23.8 Å². The summed E-state index contributed by atoms with van der Waals surface area (Å²) in [6.07, 6.45) is -1.36. The van der Waals surface area contributed by atoms with E-state index in [1.54, 1.807) is 12.1 Å². The number of carbonyl (C=O) groups excluding carboxylic acids is 1. The van der Waals surface area contributed by atoms with Gasteiger partial charge in [0, 0.05) is 12.6 Å². The first-order chi connectivity index (χ1) is 10.9. The Labute approximate surface area is 130 Å². The molecule has 2 aromatic rings.